The van der Waals surface area contributed by atoms with Gasteiger partial charge in [0.1, 0.15) is 0 Å². The highest BCUT2D eigenvalue weighted by molar-refractivity contribution is 7.38. The van der Waals surface area contributed by atoms with Crippen molar-refractivity contribution in [1.29, 1.82) is 0 Å². The lowest BCUT2D eigenvalue weighted by atomic mass is 9.94. The van der Waals surface area contributed by atoms with E-state index in [1.165, 1.54) is 19.2 Å². The van der Waals surface area contributed by atoms with Crippen LogP contribution in [0.3, 0.4) is 0 Å². The molecule has 0 N–H and O–H groups in total. The molecule has 0 aliphatic heterocycles. The second-order valence-corrected chi connectivity index (χ2v) is 7.80. The molecule has 2 aromatic rings. The molecular formula is C13H18S2. The van der Waals surface area contributed by atoms with Crippen molar-refractivity contribution < 1.29 is 0 Å². The van der Waals surface area contributed by atoms with Crippen molar-refractivity contribution in [3.63, 3.8) is 0 Å². The number of hydrogen-bond acceptors (Lipinski definition) is 2. The summed E-state index contributed by atoms with van der Waals surface area (Å²) in [4.78, 5) is 3.01. The van der Waals surface area contributed by atoms with Gasteiger partial charge in [0.05, 0.1) is 4.01 Å². The maximum atomic E-state index is 2.36. The largest absolute Gasteiger partial charge is 0.129 e. The van der Waals surface area contributed by atoms with E-state index in [4.69, 9.17) is 0 Å². The number of thiophene rings is 2. The van der Waals surface area contributed by atoms with Crippen LogP contribution in [0.25, 0.3) is 9.40 Å². The highest BCUT2D eigenvalue weighted by Crippen LogP contribution is 2.40. The van der Waals surface area contributed by atoms with E-state index in [2.05, 4.69) is 46.8 Å². The molecule has 0 amide bonds. The lowest BCUT2D eigenvalue weighted by molar-refractivity contribution is 0.604. The molecule has 0 aliphatic carbocycles. The molecule has 0 radical (unpaired) electrons. The third kappa shape index (κ3) is 2.11. The first-order chi connectivity index (χ1) is 6.88. The summed E-state index contributed by atoms with van der Waals surface area (Å²) in [6.45, 7) is 11.4. The molecule has 2 heteroatoms. The fourth-order valence-electron chi connectivity index (χ4n) is 1.51. The Hall–Kier alpha value is -0.340. The van der Waals surface area contributed by atoms with Gasteiger partial charge in [-0.2, -0.15) is 0 Å². The summed E-state index contributed by atoms with van der Waals surface area (Å²) >= 11 is 3.92. The van der Waals surface area contributed by atoms with Crippen molar-refractivity contribution in [2.24, 2.45) is 0 Å². The van der Waals surface area contributed by atoms with Gasteiger partial charge in [-0.25, -0.2) is 0 Å². The lowest BCUT2D eigenvalue weighted by Crippen LogP contribution is -2.07. The highest BCUT2D eigenvalue weighted by Gasteiger charge is 2.18. The summed E-state index contributed by atoms with van der Waals surface area (Å²) in [6.07, 6.45) is 0. The van der Waals surface area contributed by atoms with Crippen LogP contribution in [0.1, 0.15) is 50.3 Å². The fourth-order valence-corrected chi connectivity index (χ4v) is 4.04. The van der Waals surface area contributed by atoms with Gasteiger partial charge in [-0.3, -0.25) is 0 Å². The number of fused-ring (bicyclic) bond motifs is 1. The molecule has 2 rings (SSSR count). The maximum Gasteiger partial charge on any atom is 0.0871 e. The quantitative estimate of drug-likeness (QED) is 0.625. The van der Waals surface area contributed by atoms with Gasteiger partial charge in [0.15, 0.2) is 0 Å². The van der Waals surface area contributed by atoms with Crippen LogP contribution in [-0.4, -0.2) is 0 Å². The Labute approximate surface area is 99.9 Å². The van der Waals surface area contributed by atoms with Gasteiger partial charge in [-0.05, 0) is 23.5 Å². The average Bonchev–Trinajstić information content (AvgIpc) is 2.55. The van der Waals surface area contributed by atoms with Crippen molar-refractivity contribution >= 4 is 32.1 Å². The third-order valence-corrected chi connectivity index (χ3v) is 5.66. The predicted octanol–water partition coefficient (Wildman–Crippen LogP) is 5.38. The first-order valence-electron chi connectivity index (χ1n) is 5.41. The lowest BCUT2D eigenvalue weighted by Gasteiger charge is -2.15. The third-order valence-electron chi connectivity index (χ3n) is 2.54. The molecule has 0 atom stereocenters. The summed E-state index contributed by atoms with van der Waals surface area (Å²) in [5, 5.41) is 1.44. The molecule has 0 fully saturated rings. The summed E-state index contributed by atoms with van der Waals surface area (Å²) in [7, 11) is 0. The van der Waals surface area contributed by atoms with Crippen LogP contribution in [0.15, 0.2) is 12.1 Å². The molecule has 2 heterocycles. The zero-order valence-corrected chi connectivity index (χ0v) is 11.7. The zero-order valence-electron chi connectivity index (χ0n) is 10.0. The minimum atomic E-state index is 0.293. The van der Waals surface area contributed by atoms with Crippen molar-refractivity contribution in [2.75, 3.05) is 0 Å². The highest BCUT2D eigenvalue weighted by atomic mass is 32.2. The second-order valence-electron chi connectivity index (χ2n) is 5.41. The van der Waals surface area contributed by atoms with Crippen molar-refractivity contribution in [3.8, 4) is 0 Å². The molecule has 0 bridgehead atoms. The molecule has 15 heavy (non-hydrogen) atoms. The van der Waals surface area contributed by atoms with E-state index < -0.39 is 0 Å². The van der Waals surface area contributed by atoms with Crippen LogP contribution >= 0.6 is 22.7 Å². The monoisotopic (exact) mass is 238 g/mol. The minimum Gasteiger partial charge on any atom is -0.129 e. The van der Waals surface area contributed by atoms with Gasteiger partial charge in [-0.1, -0.05) is 34.6 Å². The van der Waals surface area contributed by atoms with Crippen LogP contribution in [0, 0.1) is 0 Å². The molecular weight excluding hydrogens is 220 g/mol. The standard InChI is InChI=1S/C13H18S2/c1-8(2)10-6-9-7-11(13(3,4)5)15-12(9)14-10/h6-8H,1-5H3. The molecule has 0 saturated heterocycles. The van der Waals surface area contributed by atoms with E-state index in [9.17, 15) is 0 Å². The van der Waals surface area contributed by atoms with Gasteiger partial charge >= 0.3 is 0 Å². The Morgan fingerprint density at radius 3 is 2.20 bits per heavy atom. The summed E-state index contributed by atoms with van der Waals surface area (Å²) in [5.41, 5.74) is 0.293. The molecule has 0 spiro atoms. The zero-order chi connectivity index (χ0) is 11.2. The van der Waals surface area contributed by atoms with Gasteiger partial charge in [-0.15, -0.1) is 22.7 Å². The van der Waals surface area contributed by atoms with Crippen molar-refractivity contribution in [2.45, 2.75) is 46.0 Å². The summed E-state index contributed by atoms with van der Waals surface area (Å²) in [5.74, 6) is 0.660. The first-order valence-corrected chi connectivity index (χ1v) is 7.05. The molecule has 0 aromatic carbocycles. The molecule has 2 aromatic heterocycles. The normalized spacial score (nSPS) is 12.9. The maximum absolute atomic E-state index is 2.36. The average molecular weight is 238 g/mol. The van der Waals surface area contributed by atoms with Crippen LogP contribution in [0.5, 0.6) is 0 Å². The van der Waals surface area contributed by atoms with Crippen molar-refractivity contribution in [1.82, 2.24) is 0 Å². The van der Waals surface area contributed by atoms with E-state index in [-0.39, 0.29) is 0 Å². The number of rotatable bonds is 1. The van der Waals surface area contributed by atoms with Gasteiger partial charge in [0, 0.05) is 15.1 Å². The fraction of sp³-hybridized carbons (Fsp3) is 0.538. The summed E-state index contributed by atoms with van der Waals surface area (Å²) in [6, 6.07) is 4.72. The molecule has 82 valence electrons. The van der Waals surface area contributed by atoms with E-state index in [1.54, 1.807) is 0 Å². The van der Waals surface area contributed by atoms with Crippen molar-refractivity contribution in [3.05, 3.63) is 21.9 Å². The Bertz CT molecular complexity index is 435. The molecule has 0 aliphatic rings. The molecule has 0 saturated carbocycles. The van der Waals surface area contributed by atoms with Gasteiger partial charge in [0.25, 0.3) is 0 Å². The number of hydrogen-bond donors (Lipinski definition) is 0. The predicted molar refractivity (Wildman–Crippen MR) is 72.5 cm³/mol. The summed E-state index contributed by atoms with van der Waals surface area (Å²) < 4.78 is 1.49. The second kappa shape index (κ2) is 3.60. The topological polar surface area (TPSA) is 0 Å². The Morgan fingerprint density at radius 2 is 1.73 bits per heavy atom. The molecule has 0 unspecified atom stereocenters. The van der Waals surface area contributed by atoms with Crippen LogP contribution in [0.2, 0.25) is 0 Å². The van der Waals surface area contributed by atoms with Gasteiger partial charge < -0.3 is 0 Å². The first kappa shape index (κ1) is 11.2. The Kier molecular flexibility index (Phi) is 2.68. The van der Waals surface area contributed by atoms with Crippen LogP contribution in [0.4, 0.5) is 0 Å². The smallest absolute Gasteiger partial charge is 0.0871 e. The van der Waals surface area contributed by atoms with Crippen LogP contribution < -0.4 is 0 Å². The van der Waals surface area contributed by atoms with E-state index in [0.29, 0.717) is 11.3 Å². The molecule has 0 nitrogen and oxygen atoms in total. The Morgan fingerprint density at radius 1 is 1.07 bits per heavy atom. The SMILES string of the molecule is CC(C)c1cc2cc(C(C)(C)C)sc2s1. The van der Waals surface area contributed by atoms with E-state index in [1.807, 2.05) is 22.7 Å². The van der Waals surface area contributed by atoms with Crippen LogP contribution in [-0.2, 0) is 5.41 Å². The minimum absolute atomic E-state index is 0.293. The Balaban J connectivity index is 2.47. The van der Waals surface area contributed by atoms with E-state index >= 15 is 0 Å². The van der Waals surface area contributed by atoms with E-state index in [0.717, 1.165) is 0 Å². The van der Waals surface area contributed by atoms with Gasteiger partial charge in [0.2, 0.25) is 0 Å².